The number of aliphatic hydroxyl groups is 1. The lowest BCUT2D eigenvalue weighted by Gasteiger charge is -2.33. The number of aliphatic hydroxyl groups excluding tert-OH is 1. The zero-order valence-electron chi connectivity index (χ0n) is 20.2. The second-order valence-electron chi connectivity index (χ2n) is 9.88. The molecule has 1 fully saturated rings. The summed E-state index contributed by atoms with van der Waals surface area (Å²) >= 11 is 0. The summed E-state index contributed by atoms with van der Waals surface area (Å²) in [7, 11) is -3.76. The molecule has 1 aromatic heterocycles. The molecule has 2 aliphatic heterocycles. The molecule has 1 aromatic carbocycles. The van der Waals surface area contributed by atoms with Crippen LogP contribution in [0.1, 0.15) is 72.6 Å². The lowest BCUT2D eigenvalue weighted by atomic mass is 9.94. The molecule has 0 saturated carbocycles. The van der Waals surface area contributed by atoms with Gasteiger partial charge in [0.2, 0.25) is 10.0 Å². The zero-order chi connectivity index (χ0) is 24.8. The van der Waals surface area contributed by atoms with Crippen molar-refractivity contribution < 1.29 is 23.1 Å². The molecule has 1 amide bonds. The normalized spacial score (nSPS) is 18.1. The van der Waals surface area contributed by atoms with Gasteiger partial charge in [-0.05, 0) is 53.2 Å². The van der Waals surface area contributed by atoms with Crippen LogP contribution in [0.2, 0.25) is 0 Å². The van der Waals surface area contributed by atoms with E-state index in [-0.39, 0.29) is 22.2 Å². The third-order valence-electron chi connectivity index (χ3n) is 6.25. The number of benzene rings is 1. The van der Waals surface area contributed by atoms with Gasteiger partial charge in [-0.2, -0.15) is 4.31 Å². The van der Waals surface area contributed by atoms with Crippen LogP contribution in [-0.2, 0) is 21.2 Å². The molecule has 2 aliphatic rings. The van der Waals surface area contributed by atoms with Crippen LogP contribution in [0.25, 0.3) is 0 Å². The number of nitrogens with one attached hydrogen (secondary N) is 1. The molecule has 184 valence electrons. The minimum Gasteiger partial charge on any atom is -0.473 e. The van der Waals surface area contributed by atoms with E-state index >= 15 is 0 Å². The first-order chi connectivity index (χ1) is 15.9. The number of fused-ring (bicyclic) bond motifs is 1. The van der Waals surface area contributed by atoms with Crippen LogP contribution in [0.3, 0.4) is 0 Å². The van der Waals surface area contributed by atoms with E-state index in [1.54, 1.807) is 25.1 Å². The van der Waals surface area contributed by atoms with Crippen molar-refractivity contribution in [1.29, 1.82) is 0 Å². The fourth-order valence-corrected chi connectivity index (χ4v) is 6.50. The smallest absolute Gasteiger partial charge is 0.262 e. The molecule has 34 heavy (non-hydrogen) atoms. The van der Waals surface area contributed by atoms with Gasteiger partial charge in [-0.25, -0.2) is 8.42 Å². The van der Waals surface area contributed by atoms with Gasteiger partial charge in [-0.1, -0.05) is 18.2 Å². The van der Waals surface area contributed by atoms with Gasteiger partial charge in [-0.15, -0.1) is 0 Å². The van der Waals surface area contributed by atoms with Crippen LogP contribution in [0.15, 0.2) is 41.6 Å². The quantitative estimate of drug-likeness (QED) is 0.608. The summed E-state index contributed by atoms with van der Waals surface area (Å²) in [4.78, 5) is 18.3. The molecule has 1 saturated heterocycles. The maximum Gasteiger partial charge on any atom is 0.262 e. The molecule has 0 radical (unpaired) electrons. The van der Waals surface area contributed by atoms with E-state index in [9.17, 15) is 18.3 Å². The number of ether oxygens (including phenoxy) is 1. The summed E-state index contributed by atoms with van der Waals surface area (Å²) in [6.07, 6.45) is 0.877. The lowest BCUT2D eigenvalue weighted by molar-refractivity contribution is 0.00407. The van der Waals surface area contributed by atoms with Gasteiger partial charge in [0, 0.05) is 48.6 Å². The molecule has 0 aliphatic carbocycles. The Hall–Kier alpha value is -2.62. The fraction of sp³-hybridized carbons (Fsp3) is 0.480. The van der Waals surface area contributed by atoms with E-state index in [4.69, 9.17) is 4.74 Å². The molecule has 2 N–H and O–H groups in total. The first kappa shape index (κ1) is 24.5. The van der Waals surface area contributed by atoms with Crippen LogP contribution in [-0.4, -0.2) is 58.9 Å². The van der Waals surface area contributed by atoms with Crippen LogP contribution in [0.4, 0.5) is 0 Å². The molecule has 1 atom stereocenters. The van der Waals surface area contributed by atoms with Crippen molar-refractivity contribution in [2.24, 2.45) is 0 Å². The van der Waals surface area contributed by atoms with E-state index in [0.29, 0.717) is 42.9 Å². The third kappa shape index (κ3) is 4.39. The van der Waals surface area contributed by atoms with Crippen molar-refractivity contribution in [3.63, 3.8) is 0 Å². The highest BCUT2D eigenvalue weighted by molar-refractivity contribution is 7.89. The number of nitrogens with zero attached hydrogens (tertiary/aromatic N) is 2. The minimum absolute atomic E-state index is 0.0688. The summed E-state index contributed by atoms with van der Waals surface area (Å²) in [5.74, 6) is -0.0757. The fourth-order valence-electron chi connectivity index (χ4n) is 4.75. The Morgan fingerprint density at radius 1 is 1.18 bits per heavy atom. The van der Waals surface area contributed by atoms with E-state index in [2.05, 4.69) is 11.6 Å². The van der Waals surface area contributed by atoms with Gasteiger partial charge >= 0.3 is 0 Å². The van der Waals surface area contributed by atoms with Crippen LogP contribution in [0.5, 0.6) is 0 Å². The molecule has 0 spiro atoms. The lowest BCUT2D eigenvalue weighted by Crippen LogP contribution is -2.39. The predicted molar refractivity (Wildman–Crippen MR) is 129 cm³/mol. The van der Waals surface area contributed by atoms with Crippen molar-refractivity contribution in [2.75, 3.05) is 19.6 Å². The number of rotatable bonds is 6. The highest BCUT2D eigenvalue weighted by Crippen LogP contribution is 2.37. The molecule has 2 aromatic rings. The Morgan fingerprint density at radius 3 is 2.47 bits per heavy atom. The number of H-pyrrole nitrogens is 1. The van der Waals surface area contributed by atoms with Crippen molar-refractivity contribution in [3.05, 3.63) is 64.8 Å². The van der Waals surface area contributed by atoms with Gasteiger partial charge < -0.3 is 14.8 Å². The summed E-state index contributed by atoms with van der Waals surface area (Å²) < 4.78 is 34.0. The van der Waals surface area contributed by atoms with Gasteiger partial charge in [0.25, 0.3) is 5.91 Å². The van der Waals surface area contributed by atoms with Crippen LogP contribution >= 0.6 is 0 Å². The number of amides is 1. The highest BCUT2D eigenvalue weighted by atomic mass is 32.2. The topological polar surface area (TPSA) is 103 Å². The van der Waals surface area contributed by atoms with Crippen molar-refractivity contribution in [3.8, 4) is 0 Å². The molecule has 8 nitrogen and oxygen atoms in total. The van der Waals surface area contributed by atoms with E-state index in [0.717, 1.165) is 18.5 Å². The second kappa shape index (κ2) is 8.87. The highest BCUT2D eigenvalue weighted by Gasteiger charge is 2.37. The molecular formula is C25H33N3O5S. The monoisotopic (exact) mass is 487 g/mol. The van der Waals surface area contributed by atoms with Gasteiger partial charge in [0.1, 0.15) is 11.7 Å². The van der Waals surface area contributed by atoms with Gasteiger partial charge in [0.15, 0.2) is 5.88 Å². The number of aryl methyl sites for hydroxylation is 1. The Labute approximate surface area is 201 Å². The summed E-state index contributed by atoms with van der Waals surface area (Å²) in [5.41, 5.74) is 1.82. The summed E-state index contributed by atoms with van der Waals surface area (Å²) in [5, 5.41) is 11.5. The van der Waals surface area contributed by atoms with Gasteiger partial charge in [0.05, 0.1) is 10.5 Å². The van der Waals surface area contributed by atoms with E-state index in [1.807, 2.05) is 20.8 Å². The molecule has 9 heteroatoms. The SMILES string of the molecule is C=C(OC(C)(C)C)N1CCc2[nH]c(C)c(C(O)c3ccccc3S(=O)(=O)N3CCCC3)c2C1=O. The number of carbonyl (C=O) groups excluding carboxylic acids is 1. The summed E-state index contributed by atoms with van der Waals surface area (Å²) in [6.45, 7) is 12.7. The van der Waals surface area contributed by atoms with Crippen molar-refractivity contribution >= 4 is 15.9 Å². The zero-order valence-corrected chi connectivity index (χ0v) is 21.0. The molecule has 0 bridgehead atoms. The van der Waals surface area contributed by atoms with Crippen molar-refractivity contribution in [1.82, 2.24) is 14.2 Å². The van der Waals surface area contributed by atoms with E-state index in [1.165, 1.54) is 15.3 Å². The molecular weight excluding hydrogens is 454 g/mol. The minimum atomic E-state index is -3.76. The first-order valence-electron chi connectivity index (χ1n) is 11.6. The summed E-state index contributed by atoms with van der Waals surface area (Å²) in [6, 6.07) is 6.48. The number of aromatic amines is 1. The maximum atomic E-state index is 13.5. The Kier molecular flexibility index (Phi) is 6.39. The van der Waals surface area contributed by atoms with Crippen molar-refractivity contribution in [2.45, 2.75) is 63.6 Å². The Bertz CT molecular complexity index is 1220. The number of sulfonamides is 1. The van der Waals surface area contributed by atoms with Gasteiger partial charge in [-0.3, -0.25) is 9.69 Å². The molecule has 3 heterocycles. The van der Waals surface area contributed by atoms with Crippen LogP contribution < -0.4 is 0 Å². The molecule has 1 unspecified atom stereocenters. The second-order valence-corrected chi connectivity index (χ2v) is 11.8. The standard InChI is InChI=1S/C25H33N3O5S/c1-16-21(22-19(26-16)12-15-28(24(22)30)17(2)33-25(3,4)5)23(29)18-10-6-7-11-20(18)34(31,32)27-13-8-9-14-27/h6-7,10-11,23,26,29H,2,8-9,12-15H2,1,3-5H3. The average molecular weight is 488 g/mol. The largest absolute Gasteiger partial charge is 0.473 e. The number of hydrogen-bond acceptors (Lipinski definition) is 5. The number of aromatic nitrogens is 1. The predicted octanol–water partition coefficient (Wildman–Crippen LogP) is 3.47. The van der Waals surface area contributed by atoms with Crippen LogP contribution in [0, 0.1) is 6.92 Å². The number of carbonyl (C=O) groups is 1. The Balaban J connectivity index is 1.74. The maximum absolute atomic E-state index is 13.5. The average Bonchev–Trinajstić information content (AvgIpc) is 3.40. The number of hydrogen-bond donors (Lipinski definition) is 2. The first-order valence-corrected chi connectivity index (χ1v) is 13.0. The molecule has 4 rings (SSSR count). The Morgan fingerprint density at radius 2 is 1.82 bits per heavy atom. The van der Waals surface area contributed by atoms with E-state index < -0.39 is 21.7 Å². The third-order valence-corrected chi connectivity index (χ3v) is 8.23.